The van der Waals surface area contributed by atoms with Gasteiger partial charge in [-0.2, -0.15) is 0 Å². The van der Waals surface area contributed by atoms with E-state index in [2.05, 4.69) is 36.3 Å². The van der Waals surface area contributed by atoms with E-state index in [1.54, 1.807) is 0 Å². The van der Waals surface area contributed by atoms with Crippen molar-refractivity contribution in [3.05, 3.63) is 11.6 Å². The summed E-state index contributed by atoms with van der Waals surface area (Å²) in [5.41, 5.74) is 1.58. The summed E-state index contributed by atoms with van der Waals surface area (Å²) in [4.78, 5) is 17.7. The van der Waals surface area contributed by atoms with Gasteiger partial charge in [0, 0.05) is 12.0 Å². The molecule has 4 saturated carbocycles. The molecule has 2 N–H and O–H groups in total. The van der Waals surface area contributed by atoms with Crippen molar-refractivity contribution in [2.24, 2.45) is 39.7 Å². The van der Waals surface area contributed by atoms with E-state index in [1.807, 2.05) is 0 Å². The fraction of sp³-hybridized carbons (Fsp3) is 0.800. The third-order valence-corrected chi connectivity index (χ3v) is 11.1. The summed E-state index contributed by atoms with van der Waals surface area (Å²) in [6.45, 7) is 5.47. The van der Waals surface area contributed by atoms with Crippen LogP contribution in [-0.4, -0.2) is 35.5 Å². The molecule has 0 bridgehead atoms. The second-order valence-electron chi connectivity index (χ2n) is 12.7. The summed E-state index contributed by atoms with van der Waals surface area (Å²) < 4.78 is 0. The van der Waals surface area contributed by atoms with Crippen LogP contribution >= 0.6 is 0 Å². The van der Waals surface area contributed by atoms with Crippen molar-refractivity contribution in [2.75, 3.05) is 13.2 Å². The Bertz CT molecular complexity index is 928. The zero-order valence-corrected chi connectivity index (χ0v) is 21.8. The lowest BCUT2D eigenvalue weighted by Gasteiger charge is -2.58. The predicted octanol–water partition coefficient (Wildman–Crippen LogP) is 5.38. The molecule has 0 aromatic carbocycles. The summed E-state index contributed by atoms with van der Waals surface area (Å²) >= 11 is 0. The monoisotopic (exact) mass is 480 g/mol. The lowest BCUT2D eigenvalue weighted by atomic mass is 9.46. The lowest BCUT2D eigenvalue weighted by Crippen LogP contribution is -2.54. The number of hydrogen-bond acceptors (Lipinski definition) is 4. The number of terminal acetylenes is 1. The number of fused-ring (bicyclic) bond motifs is 5. The summed E-state index contributed by atoms with van der Waals surface area (Å²) in [6, 6.07) is 0. The van der Waals surface area contributed by atoms with Crippen molar-refractivity contribution >= 4 is 11.6 Å². The Labute approximate surface area is 211 Å². The first-order valence-corrected chi connectivity index (χ1v) is 14.2. The minimum Gasteiger partial charge on any atom is -0.385 e. The van der Waals surface area contributed by atoms with Crippen LogP contribution in [0.25, 0.3) is 0 Å². The van der Waals surface area contributed by atoms with Crippen LogP contribution in [0.1, 0.15) is 97.3 Å². The maximum atomic E-state index is 12.2. The van der Waals surface area contributed by atoms with Crippen molar-refractivity contribution in [3.63, 3.8) is 0 Å². The van der Waals surface area contributed by atoms with Crippen LogP contribution in [0.5, 0.6) is 0 Å². The molecule has 5 heteroatoms. The molecule has 0 aromatic heterocycles. The van der Waals surface area contributed by atoms with E-state index in [0.717, 1.165) is 57.2 Å². The SMILES string of the molecule is C#C[C@]1(O)CC[C@H]2[C@@H]3CCC4=CC(=NOCC(=O)NCC5CCCCC5)CC[C@]4(C)[C@H]3CC[C@@]21C. The van der Waals surface area contributed by atoms with Gasteiger partial charge in [-0.25, -0.2) is 0 Å². The first-order valence-electron chi connectivity index (χ1n) is 14.2. The molecule has 5 nitrogen and oxygen atoms in total. The molecule has 35 heavy (non-hydrogen) atoms. The number of allylic oxidation sites excluding steroid dienone is 2. The molecule has 0 saturated heterocycles. The first kappa shape index (κ1) is 24.9. The third-order valence-electron chi connectivity index (χ3n) is 11.1. The lowest BCUT2D eigenvalue weighted by molar-refractivity contribution is -0.125. The summed E-state index contributed by atoms with van der Waals surface area (Å²) in [5.74, 6) is 5.15. The van der Waals surface area contributed by atoms with Gasteiger partial charge < -0.3 is 15.3 Å². The number of hydrogen-bond donors (Lipinski definition) is 2. The van der Waals surface area contributed by atoms with Gasteiger partial charge in [0.2, 0.25) is 0 Å². The van der Waals surface area contributed by atoms with Crippen molar-refractivity contribution in [3.8, 4) is 12.3 Å². The topological polar surface area (TPSA) is 70.9 Å². The molecule has 6 atom stereocenters. The molecule has 5 aliphatic carbocycles. The van der Waals surface area contributed by atoms with Gasteiger partial charge in [0.15, 0.2) is 6.61 Å². The molecule has 0 unspecified atom stereocenters. The van der Waals surface area contributed by atoms with E-state index in [4.69, 9.17) is 11.3 Å². The minimum atomic E-state index is -0.938. The molecular weight excluding hydrogens is 436 g/mol. The Balaban J connectivity index is 1.19. The molecule has 0 aliphatic heterocycles. The Morgan fingerprint density at radius 2 is 1.89 bits per heavy atom. The maximum Gasteiger partial charge on any atom is 0.260 e. The summed E-state index contributed by atoms with van der Waals surface area (Å²) in [6.07, 6.45) is 22.6. The normalized spacial score (nSPS) is 42.3. The van der Waals surface area contributed by atoms with Gasteiger partial charge in [-0.15, -0.1) is 6.42 Å². The van der Waals surface area contributed by atoms with E-state index in [1.165, 1.54) is 44.1 Å². The zero-order chi connectivity index (χ0) is 24.7. The van der Waals surface area contributed by atoms with Gasteiger partial charge in [-0.3, -0.25) is 4.79 Å². The number of oxime groups is 1. The highest BCUT2D eigenvalue weighted by molar-refractivity contribution is 5.96. The predicted molar refractivity (Wildman–Crippen MR) is 138 cm³/mol. The van der Waals surface area contributed by atoms with Gasteiger partial charge in [0.05, 0.1) is 5.71 Å². The molecule has 5 aliphatic rings. The molecule has 5 rings (SSSR count). The van der Waals surface area contributed by atoms with Gasteiger partial charge in [0.1, 0.15) is 5.60 Å². The quantitative estimate of drug-likeness (QED) is 0.410. The van der Waals surface area contributed by atoms with Crippen LogP contribution in [0, 0.1) is 46.8 Å². The van der Waals surface area contributed by atoms with Gasteiger partial charge in [-0.05, 0) is 99.4 Å². The van der Waals surface area contributed by atoms with E-state index >= 15 is 0 Å². The summed E-state index contributed by atoms with van der Waals surface area (Å²) in [5, 5.41) is 18.6. The Morgan fingerprint density at radius 3 is 2.66 bits per heavy atom. The van der Waals surface area contributed by atoms with Crippen LogP contribution in [0.3, 0.4) is 0 Å². The molecular formula is C30H44N2O3. The fourth-order valence-electron chi connectivity index (χ4n) is 8.77. The molecule has 0 spiro atoms. The number of aliphatic hydroxyl groups is 1. The van der Waals surface area contributed by atoms with Crippen LogP contribution in [0.4, 0.5) is 0 Å². The van der Waals surface area contributed by atoms with E-state index in [9.17, 15) is 9.90 Å². The van der Waals surface area contributed by atoms with Crippen LogP contribution in [0.15, 0.2) is 16.8 Å². The van der Waals surface area contributed by atoms with Gasteiger partial charge >= 0.3 is 0 Å². The van der Waals surface area contributed by atoms with Crippen molar-refractivity contribution in [1.82, 2.24) is 5.32 Å². The fourth-order valence-corrected chi connectivity index (χ4v) is 8.77. The van der Waals surface area contributed by atoms with E-state index in [0.29, 0.717) is 23.7 Å². The van der Waals surface area contributed by atoms with Crippen LogP contribution < -0.4 is 5.32 Å². The minimum absolute atomic E-state index is 0.000287. The highest BCUT2D eigenvalue weighted by atomic mass is 16.6. The first-order chi connectivity index (χ1) is 16.8. The molecule has 1 amide bonds. The molecule has 0 radical (unpaired) electrons. The van der Waals surface area contributed by atoms with Crippen molar-refractivity contribution < 1.29 is 14.7 Å². The molecule has 4 fully saturated rings. The van der Waals surface area contributed by atoms with Crippen molar-refractivity contribution in [2.45, 2.75) is 103 Å². The Morgan fingerprint density at radius 1 is 1.11 bits per heavy atom. The van der Waals surface area contributed by atoms with Crippen molar-refractivity contribution in [1.29, 1.82) is 0 Å². The highest BCUT2D eigenvalue weighted by Gasteiger charge is 2.63. The largest absolute Gasteiger partial charge is 0.385 e. The Kier molecular flexibility index (Phi) is 6.81. The van der Waals surface area contributed by atoms with E-state index in [-0.39, 0.29) is 23.3 Å². The van der Waals surface area contributed by atoms with Gasteiger partial charge in [-0.1, -0.05) is 49.8 Å². The zero-order valence-electron chi connectivity index (χ0n) is 21.8. The maximum absolute atomic E-state index is 12.2. The van der Waals surface area contributed by atoms with Gasteiger partial charge in [0.25, 0.3) is 5.91 Å². The average molecular weight is 481 g/mol. The molecule has 0 heterocycles. The van der Waals surface area contributed by atoms with Crippen LogP contribution in [-0.2, 0) is 9.63 Å². The number of nitrogens with one attached hydrogen (secondary N) is 1. The smallest absolute Gasteiger partial charge is 0.260 e. The molecule has 192 valence electrons. The number of carbonyl (C=O) groups excluding carboxylic acids is 1. The number of amides is 1. The van der Waals surface area contributed by atoms with E-state index < -0.39 is 5.60 Å². The number of nitrogens with zero attached hydrogens (tertiary/aromatic N) is 1. The second-order valence-corrected chi connectivity index (χ2v) is 12.7. The molecule has 0 aromatic rings. The number of carbonyl (C=O) groups is 1. The second kappa shape index (κ2) is 9.58. The Hall–Kier alpha value is -1.80. The summed E-state index contributed by atoms with van der Waals surface area (Å²) in [7, 11) is 0. The standard InChI is InChI=1S/C30H44N2O3/c1-4-30(34)17-14-26-24-11-10-22-18-23(12-15-28(22,2)25(24)13-16-29(26,30)3)32-35-20-27(33)31-19-21-8-6-5-7-9-21/h1,18,21,24-26,34H,5-17,19-20H2,2-3H3,(H,31,33)/t24-,25+,26+,28+,29+,30+/m1/s1. The number of rotatable bonds is 5. The van der Waals surface area contributed by atoms with Crippen LogP contribution in [0.2, 0.25) is 0 Å². The average Bonchev–Trinajstić information content (AvgIpc) is 3.14. The highest BCUT2D eigenvalue weighted by Crippen LogP contribution is 2.67. The third kappa shape index (κ3) is 4.35.